The van der Waals surface area contributed by atoms with Gasteiger partial charge < -0.3 is 0 Å². The third-order valence-corrected chi connectivity index (χ3v) is 5.98. The molecule has 0 aromatic heterocycles. The maximum Gasteiger partial charge on any atom is 0.269 e. The molecule has 33 heavy (non-hydrogen) atoms. The number of anilines is 2. The van der Waals surface area contributed by atoms with Crippen LogP contribution in [0.15, 0.2) is 72.8 Å². The molecule has 2 aliphatic rings. The highest BCUT2D eigenvalue weighted by Crippen LogP contribution is 2.47. The number of carbonyl (C=O) groups is 2. The Morgan fingerprint density at radius 1 is 0.879 bits per heavy atom. The Labute approximate surface area is 191 Å². The molecule has 3 aromatic carbocycles. The van der Waals surface area contributed by atoms with E-state index >= 15 is 0 Å². The molecule has 0 N–H and O–H groups in total. The number of rotatable bonds is 4. The summed E-state index contributed by atoms with van der Waals surface area (Å²) in [6.45, 7) is 0. The molecule has 2 heterocycles. The molecule has 0 bridgehead atoms. The summed E-state index contributed by atoms with van der Waals surface area (Å²) in [4.78, 5) is 44.0. The summed E-state index contributed by atoms with van der Waals surface area (Å²) in [7, 11) is 0. The molecule has 8 nitrogen and oxygen atoms in total. The first kappa shape index (κ1) is 21.0. The van der Waals surface area contributed by atoms with Crippen molar-refractivity contribution in [2.24, 2.45) is 5.92 Å². The maximum absolute atomic E-state index is 13.6. The Morgan fingerprint density at radius 2 is 1.48 bits per heavy atom. The molecule has 2 amide bonds. The van der Waals surface area contributed by atoms with Crippen LogP contribution < -0.4 is 9.96 Å². The van der Waals surface area contributed by atoms with Crippen molar-refractivity contribution >= 4 is 40.5 Å². The van der Waals surface area contributed by atoms with Crippen LogP contribution in [0, 0.1) is 21.8 Å². The van der Waals surface area contributed by atoms with Crippen LogP contribution in [0.1, 0.15) is 11.6 Å². The molecule has 0 aliphatic carbocycles. The van der Waals surface area contributed by atoms with Crippen molar-refractivity contribution in [2.75, 3.05) is 9.96 Å². The summed E-state index contributed by atoms with van der Waals surface area (Å²) in [6.07, 6.45) is -1.11. The third-order valence-electron chi connectivity index (χ3n) is 5.73. The lowest BCUT2D eigenvalue weighted by Gasteiger charge is -2.28. The van der Waals surface area contributed by atoms with E-state index in [4.69, 9.17) is 16.4 Å². The van der Waals surface area contributed by atoms with Crippen LogP contribution in [0.4, 0.5) is 21.5 Å². The van der Waals surface area contributed by atoms with E-state index in [0.29, 0.717) is 16.3 Å². The van der Waals surface area contributed by atoms with Crippen LogP contribution in [-0.2, 0) is 14.4 Å². The smallest absolute Gasteiger partial charge is 0.269 e. The quantitative estimate of drug-likeness (QED) is 0.320. The van der Waals surface area contributed by atoms with Crippen LogP contribution in [0.25, 0.3) is 0 Å². The number of nitro benzene ring substituents is 1. The van der Waals surface area contributed by atoms with Gasteiger partial charge in [-0.25, -0.2) is 14.4 Å². The Balaban J connectivity index is 1.55. The third kappa shape index (κ3) is 3.51. The van der Waals surface area contributed by atoms with Gasteiger partial charge in [-0.3, -0.25) is 24.5 Å². The number of amides is 2. The van der Waals surface area contributed by atoms with Crippen LogP contribution in [0.2, 0.25) is 5.02 Å². The molecule has 3 atom stereocenters. The second-order valence-corrected chi connectivity index (χ2v) is 8.07. The zero-order valence-corrected chi connectivity index (χ0v) is 17.6. The number of imide groups is 1. The predicted octanol–water partition coefficient (Wildman–Crippen LogP) is 4.44. The Kier molecular flexibility index (Phi) is 5.07. The normalized spacial score (nSPS) is 22.1. The average molecular weight is 468 g/mol. The molecule has 2 saturated heterocycles. The van der Waals surface area contributed by atoms with Crippen LogP contribution >= 0.6 is 11.6 Å². The van der Waals surface area contributed by atoms with E-state index in [-0.39, 0.29) is 11.4 Å². The minimum atomic E-state index is -1.11. The minimum absolute atomic E-state index is 0.160. The lowest BCUT2D eigenvalue weighted by Crippen LogP contribution is -2.37. The molecule has 10 heteroatoms. The van der Waals surface area contributed by atoms with Gasteiger partial charge in [0.15, 0.2) is 6.10 Å². The number of nitrogens with zero attached hydrogens (tertiary/aromatic N) is 3. The highest BCUT2D eigenvalue weighted by atomic mass is 35.5. The van der Waals surface area contributed by atoms with Gasteiger partial charge in [0.05, 0.1) is 22.3 Å². The van der Waals surface area contributed by atoms with Gasteiger partial charge in [-0.2, -0.15) is 0 Å². The van der Waals surface area contributed by atoms with Gasteiger partial charge >= 0.3 is 0 Å². The van der Waals surface area contributed by atoms with Crippen LogP contribution in [0.3, 0.4) is 0 Å². The van der Waals surface area contributed by atoms with E-state index in [0.717, 1.165) is 4.90 Å². The van der Waals surface area contributed by atoms with Gasteiger partial charge in [-0.15, -0.1) is 0 Å². The summed E-state index contributed by atoms with van der Waals surface area (Å²) >= 11 is 5.99. The molecular weight excluding hydrogens is 453 g/mol. The van der Waals surface area contributed by atoms with Gasteiger partial charge in [-0.05, 0) is 54.1 Å². The summed E-state index contributed by atoms with van der Waals surface area (Å²) in [5.41, 5.74) is 1.22. The molecule has 5 rings (SSSR count). The zero-order valence-electron chi connectivity index (χ0n) is 16.8. The number of hydrogen-bond donors (Lipinski definition) is 0. The van der Waals surface area contributed by atoms with Crippen LogP contribution in [0.5, 0.6) is 0 Å². The Morgan fingerprint density at radius 3 is 2.09 bits per heavy atom. The van der Waals surface area contributed by atoms with E-state index in [1.165, 1.54) is 41.5 Å². The Hall–Kier alpha value is -3.82. The minimum Gasteiger partial charge on any atom is -0.273 e. The number of non-ortho nitro benzene ring substituents is 1. The monoisotopic (exact) mass is 467 g/mol. The Bertz CT molecular complexity index is 1250. The summed E-state index contributed by atoms with van der Waals surface area (Å²) in [5, 5.41) is 12.9. The van der Waals surface area contributed by atoms with Crippen molar-refractivity contribution in [3.63, 3.8) is 0 Å². The van der Waals surface area contributed by atoms with Crippen molar-refractivity contribution in [1.82, 2.24) is 0 Å². The van der Waals surface area contributed by atoms with Crippen molar-refractivity contribution in [3.05, 3.63) is 99.3 Å². The fourth-order valence-electron chi connectivity index (χ4n) is 4.20. The number of halogens is 2. The molecule has 0 unspecified atom stereocenters. The topological polar surface area (TPSA) is 93.0 Å². The number of carbonyl (C=O) groups excluding carboxylic acids is 2. The van der Waals surface area contributed by atoms with Crippen molar-refractivity contribution in [1.29, 1.82) is 0 Å². The fourth-order valence-corrected chi connectivity index (χ4v) is 4.33. The van der Waals surface area contributed by atoms with Gasteiger partial charge in [0.1, 0.15) is 11.7 Å². The number of fused-ring (bicyclic) bond motifs is 1. The molecule has 2 aliphatic heterocycles. The predicted molar refractivity (Wildman–Crippen MR) is 117 cm³/mol. The molecule has 0 saturated carbocycles. The second kappa shape index (κ2) is 7.95. The fraction of sp³-hybridized carbons (Fsp3) is 0.130. The lowest BCUT2D eigenvalue weighted by atomic mass is 9.90. The standard InChI is InChI=1S/C23H15ClFN3O5/c24-14-3-7-17(8-4-14)27-20(13-1-5-15(25)6-2-13)19-21(33-27)23(30)26(22(19)29)16-9-11-18(12-10-16)28(31)32/h1-12,19-21H/t19-,20+,21-/m0/s1. The highest BCUT2D eigenvalue weighted by Gasteiger charge is 2.60. The summed E-state index contributed by atoms with van der Waals surface area (Å²) < 4.78 is 13.6. The first-order valence-corrected chi connectivity index (χ1v) is 10.3. The summed E-state index contributed by atoms with van der Waals surface area (Å²) in [5.74, 6) is -2.44. The maximum atomic E-state index is 13.6. The van der Waals surface area contributed by atoms with Crippen molar-refractivity contribution < 1.29 is 23.7 Å². The van der Waals surface area contributed by atoms with Crippen molar-refractivity contribution in [2.45, 2.75) is 12.1 Å². The lowest BCUT2D eigenvalue weighted by molar-refractivity contribution is -0.384. The molecule has 0 spiro atoms. The van der Waals surface area contributed by atoms with Crippen LogP contribution in [-0.4, -0.2) is 22.8 Å². The van der Waals surface area contributed by atoms with E-state index in [1.54, 1.807) is 36.4 Å². The van der Waals surface area contributed by atoms with E-state index in [1.807, 2.05) is 0 Å². The van der Waals surface area contributed by atoms with Crippen molar-refractivity contribution in [3.8, 4) is 0 Å². The number of nitro groups is 1. The highest BCUT2D eigenvalue weighted by molar-refractivity contribution is 6.30. The van der Waals surface area contributed by atoms with E-state index in [2.05, 4.69) is 0 Å². The van der Waals surface area contributed by atoms with Gasteiger partial charge in [0, 0.05) is 17.2 Å². The number of hydrogen-bond acceptors (Lipinski definition) is 6. The van der Waals surface area contributed by atoms with E-state index in [9.17, 15) is 24.1 Å². The zero-order chi connectivity index (χ0) is 23.3. The first-order chi connectivity index (χ1) is 15.8. The summed E-state index contributed by atoms with van der Waals surface area (Å²) in [6, 6.07) is 16.8. The first-order valence-electron chi connectivity index (χ1n) is 9.94. The average Bonchev–Trinajstić information content (AvgIpc) is 3.31. The SMILES string of the molecule is O=C1[C@@H]2[C@H](ON(c3ccc(Cl)cc3)[C@@H]2c2ccc(F)cc2)C(=O)N1c1ccc([N+](=O)[O-])cc1. The van der Waals surface area contributed by atoms with Gasteiger partial charge in [-0.1, -0.05) is 23.7 Å². The number of benzene rings is 3. The van der Waals surface area contributed by atoms with Gasteiger partial charge in [0.2, 0.25) is 5.91 Å². The molecule has 0 radical (unpaired) electrons. The number of hydroxylamine groups is 1. The second-order valence-electron chi connectivity index (χ2n) is 7.64. The van der Waals surface area contributed by atoms with E-state index < -0.39 is 40.6 Å². The molecule has 2 fully saturated rings. The molecule has 166 valence electrons. The molecule has 3 aromatic rings. The molecular formula is C23H15ClFN3O5. The van der Waals surface area contributed by atoms with Gasteiger partial charge in [0.25, 0.3) is 11.6 Å². The largest absolute Gasteiger partial charge is 0.273 e.